The molecule has 0 aliphatic carbocycles. The van der Waals surface area contributed by atoms with Gasteiger partial charge in [-0.1, -0.05) is 12.1 Å². The highest BCUT2D eigenvalue weighted by atomic mass is 19.1. The number of alkyl halides is 1. The molecule has 1 unspecified atom stereocenters. The minimum absolute atomic E-state index is 0.416. The highest BCUT2D eigenvalue weighted by Crippen LogP contribution is 2.22. The number of halogens is 1. The minimum atomic E-state index is -1.18. The zero-order valence-electron chi connectivity index (χ0n) is 11.7. The molecular weight excluding hydrogens is 249 g/mol. The van der Waals surface area contributed by atoms with E-state index in [-0.39, 0.29) is 0 Å². The Bertz CT molecular complexity index is 454. The van der Waals surface area contributed by atoms with Crippen LogP contribution < -0.4 is 5.32 Å². The van der Waals surface area contributed by atoms with Gasteiger partial charge in [0, 0.05) is 5.69 Å². The van der Waals surface area contributed by atoms with Gasteiger partial charge in [-0.25, -0.2) is 9.18 Å². The lowest BCUT2D eigenvalue weighted by Gasteiger charge is -2.20. The van der Waals surface area contributed by atoms with Gasteiger partial charge in [0.2, 0.25) is 0 Å². The van der Waals surface area contributed by atoms with Gasteiger partial charge in [-0.15, -0.1) is 0 Å². The molecule has 0 saturated carbocycles. The third-order valence-corrected chi connectivity index (χ3v) is 2.43. The first-order chi connectivity index (χ1) is 8.73. The van der Waals surface area contributed by atoms with Gasteiger partial charge in [-0.2, -0.15) is 0 Å². The lowest BCUT2D eigenvalue weighted by atomic mass is 10.1. The van der Waals surface area contributed by atoms with Crippen molar-refractivity contribution < 1.29 is 19.0 Å². The van der Waals surface area contributed by atoms with Crippen LogP contribution in [0.2, 0.25) is 0 Å². The van der Waals surface area contributed by atoms with Crippen LogP contribution in [0, 0.1) is 6.92 Å². The van der Waals surface area contributed by atoms with Crippen LogP contribution in [0.25, 0.3) is 0 Å². The number of aliphatic hydroxyl groups excluding tert-OH is 1. The summed E-state index contributed by atoms with van der Waals surface area (Å²) in [4.78, 5) is 11.7. The maximum Gasteiger partial charge on any atom is 0.412 e. The molecular formula is C14H20FNO3. The predicted molar refractivity (Wildman–Crippen MR) is 72.0 cm³/mol. The standard InChI is InChI=1S/C14H20FNO3/c1-9-5-6-10(12(17)8-15)7-11(9)16-13(18)19-14(2,3)4/h5-7,12,17H,8H2,1-4H3,(H,16,18). The number of aliphatic hydroxyl groups is 1. The largest absolute Gasteiger partial charge is 0.444 e. The van der Waals surface area contributed by atoms with Gasteiger partial charge in [0.05, 0.1) is 0 Å². The van der Waals surface area contributed by atoms with E-state index in [1.54, 1.807) is 45.9 Å². The first-order valence-electron chi connectivity index (χ1n) is 6.07. The Hall–Kier alpha value is -1.62. The molecule has 0 spiro atoms. The molecule has 1 amide bonds. The number of anilines is 1. The number of amides is 1. The van der Waals surface area contributed by atoms with Crippen molar-refractivity contribution in [2.24, 2.45) is 0 Å². The lowest BCUT2D eigenvalue weighted by molar-refractivity contribution is 0.0635. The van der Waals surface area contributed by atoms with E-state index in [1.165, 1.54) is 0 Å². The Kier molecular flexibility index (Phi) is 4.89. The minimum Gasteiger partial charge on any atom is -0.444 e. The molecule has 1 rings (SSSR count). The topological polar surface area (TPSA) is 58.6 Å². The van der Waals surface area contributed by atoms with Crippen LogP contribution in [-0.4, -0.2) is 23.5 Å². The molecule has 1 atom stereocenters. The van der Waals surface area contributed by atoms with Crippen LogP contribution in [0.5, 0.6) is 0 Å². The summed E-state index contributed by atoms with van der Waals surface area (Å²) in [6.45, 7) is 6.24. The Labute approximate surface area is 112 Å². The predicted octanol–water partition coefficient (Wildman–Crippen LogP) is 3.34. The second kappa shape index (κ2) is 6.02. The number of carbonyl (C=O) groups is 1. The quantitative estimate of drug-likeness (QED) is 0.884. The molecule has 0 radical (unpaired) electrons. The first-order valence-corrected chi connectivity index (χ1v) is 6.07. The van der Waals surface area contributed by atoms with Crippen molar-refractivity contribution in [3.8, 4) is 0 Å². The van der Waals surface area contributed by atoms with Crippen LogP contribution in [0.1, 0.15) is 38.0 Å². The molecule has 0 aliphatic heterocycles. The average Bonchev–Trinajstić information content (AvgIpc) is 2.28. The molecule has 2 N–H and O–H groups in total. The molecule has 0 bridgehead atoms. The number of benzene rings is 1. The molecule has 19 heavy (non-hydrogen) atoms. The van der Waals surface area contributed by atoms with Crippen molar-refractivity contribution >= 4 is 11.8 Å². The number of hydrogen-bond acceptors (Lipinski definition) is 3. The van der Waals surface area contributed by atoms with Gasteiger partial charge in [-0.3, -0.25) is 5.32 Å². The fourth-order valence-electron chi connectivity index (χ4n) is 1.48. The summed E-state index contributed by atoms with van der Waals surface area (Å²) < 4.78 is 17.6. The SMILES string of the molecule is Cc1ccc(C(O)CF)cc1NC(=O)OC(C)(C)C. The summed E-state index contributed by atoms with van der Waals surface area (Å²) in [5.41, 5.74) is 1.13. The lowest BCUT2D eigenvalue weighted by Crippen LogP contribution is -2.27. The van der Waals surface area contributed by atoms with Crippen LogP contribution in [0.4, 0.5) is 14.9 Å². The van der Waals surface area contributed by atoms with E-state index >= 15 is 0 Å². The maximum atomic E-state index is 12.4. The molecule has 0 saturated heterocycles. The maximum absolute atomic E-state index is 12.4. The highest BCUT2D eigenvalue weighted by Gasteiger charge is 2.17. The summed E-state index contributed by atoms with van der Waals surface area (Å²) in [5, 5.41) is 12.0. The van der Waals surface area contributed by atoms with E-state index < -0.39 is 24.5 Å². The second-order valence-corrected chi connectivity index (χ2v) is 5.37. The molecule has 106 valence electrons. The number of nitrogens with one attached hydrogen (secondary N) is 1. The molecule has 0 fully saturated rings. The normalized spacial score (nSPS) is 12.9. The Morgan fingerprint density at radius 1 is 1.47 bits per heavy atom. The zero-order chi connectivity index (χ0) is 14.6. The number of ether oxygens (including phenoxy) is 1. The molecule has 5 heteroatoms. The van der Waals surface area contributed by atoms with Crippen LogP contribution in [0.3, 0.4) is 0 Å². The molecule has 0 heterocycles. The van der Waals surface area contributed by atoms with E-state index in [1.807, 2.05) is 0 Å². The Morgan fingerprint density at radius 2 is 2.11 bits per heavy atom. The number of carbonyl (C=O) groups excluding carboxylic acids is 1. The number of rotatable bonds is 3. The van der Waals surface area contributed by atoms with Gasteiger partial charge in [0.25, 0.3) is 0 Å². The fraction of sp³-hybridized carbons (Fsp3) is 0.500. The van der Waals surface area contributed by atoms with Crippen molar-refractivity contribution in [3.63, 3.8) is 0 Å². The molecule has 4 nitrogen and oxygen atoms in total. The van der Waals surface area contributed by atoms with Gasteiger partial charge < -0.3 is 9.84 Å². The summed E-state index contributed by atoms with van der Waals surface area (Å²) in [6, 6.07) is 4.88. The Morgan fingerprint density at radius 3 is 2.63 bits per heavy atom. The summed E-state index contributed by atoms with van der Waals surface area (Å²) in [7, 11) is 0. The monoisotopic (exact) mass is 269 g/mol. The van der Waals surface area contributed by atoms with Crippen molar-refractivity contribution in [1.29, 1.82) is 0 Å². The zero-order valence-corrected chi connectivity index (χ0v) is 11.7. The van der Waals surface area contributed by atoms with Crippen LogP contribution in [0.15, 0.2) is 18.2 Å². The van der Waals surface area contributed by atoms with Crippen molar-refractivity contribution in [2.75, 3.05) is 12.0 Å². The van der Waals surface area contributed by atoms with E-state index in [0.717, 1.165) is 5.56 Å². The average molecular weight is 269 g/mol. The Balaban J connectivity index is 2.85. The van der Waals surface area contributed by atoms with Crippen LogP contribution >= 0.6 is 0 Å². The summed E-state index contributed by atoms with van der Waals surface area (Å²) in [6.07, 6.45) is -1.76. The molecule has 1 aromatic rings. The molecule has 1 aromatic carbocycles. The summed E-state index contributed by atoms with van der Waals surface area (Å²) >= 11 is 0. The number of hydrogen-bond donors (Lipinski definition) is 2. The number of aryl methyl sites for hydroxylation is 1. The van der Waals surface area contributed by atoms with E-state index in [9.17, 15) is 14.3 Å². The van der Waals surface area contributed by atoms with Gasteiger partial charge in [-0.05, 0) is 44.9 Å². The third kappa shape index (κ3) is 4.87. The van der Waals surface area contributed by atoms with Crippen molar-refractivity contribution in [3.05, 3.63) is 29.3 Å². The van der Waals surface area contributed by atoms with E-state index in [0.29, 0.717) is 11.3 Å². The van der Waals surface area contributed by atoms with Crippen molar-refractivity contribution in [1.82, 2.24) is 0 Å². The van der Waals surface area contributed by atoms with E-state index in [2.05, 4.69) is 5.32 Å². The van der Waals surface area contributed by atoms with Gasteiger partial charge in [0.1, 0.15) is 18.4 Å². The smallest absolute Gasteiger partial charge is 0.412 e. The first kappa shape index (κ1) is 15.4. The van der Waals surface area contributed by atoms with Crippen LogP contribution in [-0.2, 0) is 4.74 Å². The highest BCUT2D eigenvalue weighted by molar-refractivity contribution is 5.86. The van der Waals surface area contributed by atoms with E-state index in [4.69, 9.17) is 4.74 Å². The molecule has 0 aromatic heterocycles. The fourth-order valence-corrected chi connectivity index (χ4v) is 1.48. The molecule has 0 aliphatic rings. The second-order valence-electron chi connectivity index (χ2n) is 5.37. The van der Waals surface area contributed by atoms with Gasteiger partial charge >= 0.3 is 6.09 Å². The van der Waals surface area contributed by atoms with Gasteiger partial charge in [0.15, 0.2) is 0 Å². The van der Waals surface area contributed by atoms with Crippen molar-refractivity contribution in [2.45, 2.75) is 39.4 Å². The third-order valence-electron chi connectivity index (χ3n) is 2.43. The summed E-state index contributed by atoms with van der Waals surface area (Å²) in [5.74, 6) is 0.